The Morgan fingerprint density at radius 1 is 1.50 bits per heavy atom. The fourth-order valence-corrected chi connectivity index (χ4v) is 1.90. The standard InChI is InChI=1S/C10H10ClN3/c1-14-3-2-6-4-7(10(12)13)5-8(11)9(6)14/h2-5H,1H3,(H3,12,13). The zero-order valence-electron chi connectivity index (χ0n) is 7.71. The quantitative estimate of drug-likeness (QED) is 0.546. The summed E-state index contributed by atoms with van der Waals surface area (Å²) in [5.74, 6) is 0.0395. The van der Waals surface area contributed by atoms with E-state index >= 15 is 0 Å². The van der Waals surface area contributed by atoms with Crippen LogP contribution in [0.2, 0.25) is 5.02 Å². The normalized spacial score (nSPS) is 10.7. The number of nitrogens with zero attached hydrogens (tertiary/aromatic N) is 1. The Balaban J connectivity index is 2.80. The van der Waals surface area contributed by atoms with Gasteiger partial charge in [-0.15, -0.1) is 0 Å². The number of nitrogens with one attached hydrogen (secondary N) is 1. The van der Waals surface area contributed by atoms with E-state index in [2.05, 4.69) is 0 Å². The van der Waals surface area contributed by atoms with Gasteiger partial charge in [0.1, 0.15) is 5.84 Å². The minimum Gasteiger partial charge on any atom is -0.384 e. The van der Waals surface area contributed by atoms with E-state index in [-0.39, 0.29) is 5.84 Å². The summed E-state index contributed by atoms with van der Waals surface area (Å²) in [4.78, 5) is 0. The molecule has 0 unspecified atom stereocenters. The van der Waals surface area contributed by atoms with E-state index in [1.54, 1.807) is 6.07 Å². The maximum Gasteiger partial charge on any atom is 0.122 e. The molecule has 0 saturated carbocycles. The highest BCUT2D eigenvalue weighted by Crippen LogP contribution is 2.25. The first-order chi connectivity index (χ1) is 6.59. The second kappa shape index (κ2) is 3.03. The molecule has 2 rings (SSSR count). The van der Waals surface area contributed by atoms with Gasteiger partial charge < -0.3 is 10.3 Å². The molecular weight excluding hydrogens is 198 g/mol. The lowest BCUT2D eigenvalue weighted by molar-refractivity contribution is 0.969. The Morgan fingerprint density at radius 2 is 2.21 bits per heavy atom. The molecule has 1 aromatic carbocycles. The molecular formula is C10H10ClN3. The van der Waals surface area contributed by atoms with Crippen molar-refractivity contribution >= 4 is 28.3 Å². The summed E-state index contributed by atoms with van der Waals surface area (Å²) in [6.07, 6.45) is 1.93. The van der Waals surface area contributed by atoms with Crippen LogP contribution in [0, 0.1) is 5.41 Å². The number of nitrogens with two attached hydrogens (primary N) is 1. The Bertz CT molecular complexity index is 513. The SMILES string of the molecule is Cn1ccc2cc(C(=N)N)cc(Cl)c21. The van der Waals surface area contributed by atoms with Crippen LogP contribution in [-0.2, 0) is 7.05 Å². The average Bonchev–Trinajstić information content (AvgIpc) is 2.48. The van der Waals surface area contributed by atoms with Crippen molar-refractivity contribution in [3.05, 3.63) is 35.0 Å². The summed E-state index contributed by atoms with van der Waals surface area (Å²) in [7, 11) is 1.93. The molecule has 72 valence electrons. The number of fused-ring (bicyclic) bond motifs is 1. The van der Waals surface area contributed by atoms with Crippen molar-refractivity contribution < 1.29 is 0 Å². The first kappa shape index (κ1) is 9.09. The van der Waals surface area contributed by atoms with E-state index in [0.29, 0.717) is 10.6 Å². The Kier molecular flexibility index (Phi) is 1.97. The van der Waals surface area contributed by atoms with Gasteiger partial charge in [-0.05, 0) is 18.2 Å². The van der Waals surface area contributed by atoms with Crippen LogP contribution in [-0.4, -0.2) is 10.4 Å². The van der Waals surface area contributed by atoms with Gasteiger partial charge in [-0.25, -0.2) is 0 Å². The first-order valence-corrected chi connectivity index (χ1v) is 4.56. The lowest BCUT2D eigenvalue weighted by atomic mass is 10.1. The minimum absolute atomic E-state index is 0.0395. The van der Waals surface area contributed by atoms with Crippen LogP contribution in [0.3, 0.4) is 0 Å². The number of hydrogen-bond donors (Lipinski definition) is 2. The summed E-state index contributed by atoms with van der Waals surface area (Å²) < 4.78 is 1.95. The van der Waals surface area contributed by atoms with Crippen molar-refractivity contribution in [3.63, 3.8) is 0 Å². The predicted molar refractivity (Wildman–Crippen MR) is 58.9 cm³/mol. The molecule has 0 fully saturated rings. The van der Waals surface area contributed by atoms with Crippen molar-refractivity contribution in [1.29, 1.82) is 5.41 Å². The van der Waals surface area contributed by atoms with Gasteiger partial charge in [-0.2, -0.15) is 0 Å². The van der Waals surface area contributed by atoms with Crippen LogP contribution < -0.4 is 5.73 Å². The van der Waals surface area contributed by atoms with Crippen LogP contribution in [0.15, 0.2) is 24.4 Å². The van der Waals surface area contributed by atoms with Gasteiger partial charge in [0.25, 0.3) is 0 Å². The summed E-state index contributed by atoms with van der Waals surface area (Å²) in [5.41, 5.74) is 7.03. The van der Waals surface area contributed by atoms with Gasteiger partial charge in [0, 0.05) is 24.2 Å². The fraction of sp³-hybridized carbons (Fsp3) is 0.100. The van der Waals surface area contributed by atoms with Crippen molar-refractivity contribution in [3.8, 4) is 0 Å². The summed E-state index contributed by atoms with van der Waals surface area (Å²) in [5, 5.41) is 8.96. The van der Waals surface area contributed by atoms with Crippen LogP contribution >= 0.6 is 11.6 Å². The van der Waals surface area contributed by atoms with Gasteiger partial charge in [0.05, 0.1) is 10.5 Å². The molecule has 3 N–H and O–H groups in total. The number of nitrogen functional groups attached to an aromatic ring is 1. The molecule has 1 aromatic heterocycles. The second-order valence-electron chi connectivity index (χ2n) is 3.24. The van der Waals surface area contributed by atoms with Crippen molar-refractivity contribution in [2.24, 2.45) is 12.8 Å². The molecule has 1 heterocycles. The molecule has 0 saturated heterocycles. The lowest BCUT2D eigenvalue weighted by Gasteiger charge is -2.03. The number of aryl methyl sites for hydroxylation is 1. The van der Waals surface area contributed by atoms with E-state index < -0.39 is 0 Å². The lowest BCUT2D eigenvalue weighted by Crippen LogP contribution is -2.10. The number of amidine groups is 1. The van der Waals surface area contributed by atoms with Gasteiger partial charge >= 0.3 is 0 Å². The number of rotatable bonds is 1. The van der Waals surface area contributed by atoms with E-state index in [1.807, 2.05) is 29.9 Å². The summed E-state index contributed by atoms with van der Waals surface area (Å²) in [6, 6.07) is 5.53. The number of benzene rings is 1. The molecule has 0 aliphatic heterocycles. The maximum absolute atomic E-state index is 7.33. The Morgan fingerprint density at radius 3 is 2.86 bits per heavy atom. The highest BCUT2D eigenvalue weighted by molar-refractivity contribution is 6.35. The van der Waals surface area contributed by atoms with E-state index in [9.17, 15) is 0 Å². The first-order valence-electron chi connectivity index (χ1n) is 4.18. The van der Waals surface area contributed by atoms with Gasteiger partial charge in [0.15, 0.2) is 0 Å². The zero-order chi connectivity index (χ0) is 10.3. The third-order valence-corrected chi connectivity index (χ3v) is 2.52. The van der Waals surface area contributed by atoms with E-state index in [0.717, 1.165) is 10.9 Å². The van der Waals surface area contributed by atoms with Gasteiger partial charge in [-0.1, -0.05) is 11.6 Å². The van der Waals surface area contributed by atoms with E-state index in [1.165, 1.54) is 0 Å². The average molecular weight is 208 g/mol. The summed E-state index contributed by atoms with van der Waals surface area (Å²) >= 11 is 6.08. The molecule has 14 heavy (non-hydrogen) atoms. The number of hydrogen-bond acceptors (Lipinski definition) is 1. The van der Waals surface area contributed by atoms with Crippen molar-refractivity contribution in [1.82, 2.24) is 4.57 Å². The molecule has 0 spiro atoms. The Labute approximate surface area is 86.6 Å². The molecule has 2 aromatic rings. The third-order valence-electron chi connectivity index (χ3n) is 2.23. The maximum atomic E-state index is 7.33. The predicted octanol–water partition coefficient (Wildman–Crippen LogP) is 2.12. The van der Waals surface area contributed by atoms with Crippen LogP contribution in [0.4, 0.5) is 0 Å². The van der Waals surface area contributed by atoms with Crippen molar-refractivity contribution in [2.45, 2.75) is 0 Å². The van der Waals surface area contributed by atoms with E-state index in [4.69, 9.17) is 22.7 Å². The molecule has 0 radical (unpaired) electrons. The molecule has 4 heteroatoms. The van der Waals surface area contributed by atoms with Crippen LogP contribution in [0.1, 0.15) is 5.56 Å². The summed E-state index contributed by atoms with van der Waals surface area (Å²) in [6.45, 7) is 0. The molecule has 0 amide bonds. The molecule has 0 atom stereocenters. The molecule has 0 bridgehead atoms. The van der Waals surface area contributed by atoms with Gasteiger partial charge in [0.2, 0.25) is 0 Å². The minimum atomic E-state index is 0.0395. The second-order valence-corrected chi connectivity index (χ2v) is 3.64. The fourth-order valence-electron chi connectivity index (χ4n) is 1.54. The molecule has 3 nitrogen and oxygen atoms in total. The smallest absolute Gasteiger partial charge is 0.122 e. The third kappa shape index (κ3) is 1.26. The zero-order valence-corrected chi connectivity index (χ0v) is 8.47. The topological polar surface area (TPSA) is 54.8 Å². The molecule has 0 aliphatic rings. The number of halogens is 1. The highest BCUT2D eigenvalue weighted by Gasteiger charge is 2.06. The van der Waals surface area contributed by atoms with Crippen molar-refractivity contribution in [2.75, 3.05) is 0 Å². The molecule has 0 aliphatic carbocycles. The van der Waals surface area contributed by atoms with Crippen LogP contribution in [0.5, 0.6) is 0 Å². The van der Waals surface area contributed by atoms with Crippen LogP contribution in [0.25, 0.3) is 10.9 Å². The Hall–Kier alpha value is -1.48. The van der Waals surface area contributed by atoms with Gasteiger partial charge in [-0.3, -0.25) is 5.41 Å². The largest absolute Gasteiger partial charge is 0.384 e. The highest BCUT2D eigenvalue weighted by atomic mass is 35.5. The monoisotopic (exact) mass is 207 g/mol. The number of aromatic nitrogens is 1.